The van der Waals surface area contributed by atoms with Gasteiger partial charge in [-0.15, -0.1) is 0 Å². The Bertz CT molecular complexity index is 279. The van der Waals surface area contributed by atoms with Crippen LogP contribution in [0.2, 0.25) is 5.02 Å². The van der Waals surface area contributed by atoms with Crippen LogP contribution in [0.25, 0.3) is 0 Å². The van der Waals surface area contributed by atoms with Crippen LogP contribution in [0, 0.1) is 5.92 Å². The summed E-state index contributed by atoms with van der Waals surface area (Å²) in [5.41, 5.74) is 1.22. The molecule has 0 spiro atoms. The number of halogens is 1. The van der Waals surface area contributed by atoms with Gasteiger partial charge in [0.25, 0.3) is 0 Å². The normalized spacial score (nSPS) is 22.8. The van der Waals surface area contributed by atoms with Gasteiger partial charge in [-0.25, -0.2) is 0 Å². The van der Waals surface area contributed by atoms with E-state index in [4.69, 9.17) is 16.3 Å². The van der Waals surface area contributed by atoms with Crippen LogP contribution in [0.3, 0.4) is 0 Å². The van der Waals surface area contributed by atoms with Gasteiger partial charge in [0.15, 0.2) is 0 Å². The second-order valence-electron chi connectivity index (χ2n) is 3.25. The quantitative estimate of drug-likeness (QED) is 0.703. The summed E-state index contributed by atoms with van der Waals surface area (Å²) in [7, 11) is 0. The fourth-order valence-electron chi connectivity index (χ4n) is 1.54. The molecule has 0 N–H and O–H groups in total. The first kappa shape index (κ1) is 9.04. The van der Waals surface area contributed by atoms with Crippen molar-refractivity contribution in [2.24, 2.45) is 0 Å². The van der Waals surface area contributed by atoms with Gasteiger partial charge >= 0.3 is 0 Å². The highest BCUT2D eigenvalue weighted by Gasteiger charge is 2.32. The molecular formula is C11H12ClO. The third-order valence-corrected chi connectivity index (χ3v) is 2.69. The highest BCUT2D eigenvalue weighted by Crippen LogP contribution is 2.39. The van der Waals surface area contributed by atoms with Gasteiger partial charge in [0.1, 0.15) is 0 Å². The van der Waals surface area contributed by atoms with E-state index in [1.807, 2.05) is 24.3 Å². The molecule has 1 aromatic rings. The Kier molecular flexibility index (Phi) is 2.56. The molecule has 0 aromatic heterocycles. The Labute approximate surface area is 83.7 Å². The van der Waals surface area contributed by atoms with Crippen molar-refractivity contribution in [1.82, 2.24) is 0 Å². The minimum absolute atomic E-state index is 0.224. The molecule has 1 aliphatic heterocycles. The minimum atomic E-state index is 0.224. The van der Waals surface area contributed by atoms with Crippen LogP contribution in [-0.2, 0) is 4.74 Å². The molecule has 1 atom stereocenters. The maximum Gasteiger partial charge on any atom is 0.0910 e. The van der Waals surface area contributed by atoms with Crippen LogP contribution in [0.1, 0.15) is 25.0 Å². The molecule has 1 unspecified atom stereocenters. The molecule has 2 rings (SSSR count). The van der Waals surface area contributed by atoms with Crippen LogP contribution in [0.4, 0.5) is 0 Å². The summed E-state index contributed by atoms with van der Waals surface area (Å²) in [6.07, 6.45) is 1.33. The highest BCUT2D eigenvalue weighted by molar-refractivity contribution is 6.30. The molecule has 1 aromatic carbocycles. The van der Waals surface area contributed by atoms with Crippen molar-refractivity contribution in [3.63, 3.8) is 0 Å². The van der Waals surface area contributed by atoms with Crippen molar-refractivity contribution < 1.29 is 4.74 Å². The number of rotatable bonds is 2. The third kappa shape index (κ3) is 1.72. The Morgan fingerprint density at radius 1 is 1.38 bits per heavy atom. The van der Waals surface area contributed by atoms with Gasteiger partial charge in [0, 0.05) is 10.9 Å². The molecule has 0 bridgehead atoms. The zero-order chi connectivity index (χ0) is 9.26. The molecule has 69 valence electrons. The van der Waals surface area contributed by atoms with Crippen molar-refractivity contribution in [2.75, 3.05) is 6.61 Å². The van der Waals surface area contributed by atoms with Crippen molar-refractivity contribution >= 4 is 11.6 Å². The standard InChI is InChI=1S/C11H12ClO/c1-2-8-7-13-11(8)9-3-5-10(12)6-4-9/h3-6,11H,2,7H2,1H3. The zero-order valence-corrected chi connectivity index (χ0v) is 8.34. The zero-order valence-electron chi connectivity index (χ0n) is 7.59. The molecule has 1 heterocycles. The summed E-state index contributed by atoms with van der Waals surface area (Å²) in [5.74, 6) is 1.47. The van der Waals surface area contributed by atoms with Crippen LogP contribution < -0.4 is 0 Å². The van der Waals surface area contributed by atoms with E-state index >= 15 is 0 Å². The fourth-order valence-corrected chi connectivity index (χ4v) is 1.67. The van der Waals surface area contributed by atoms with E-state index in [9.17, 15) is 0 Å². The summed E-state index contributed by atoms with van der Waals surface area (Å²) in [6, 6.07) is 7.88. The second kappa shape index (κ2) is 3.69. The maximum absolute atomic E-state index is 5.80. The lowest BCUT2D eigenvalue weighted by atomic mass is 9.90. The van der Waals surface area contributed by atoms with E-state index in [0.29, 0.717) is 0 Å². The van der Waals surface area contributed by atoms with Gasteiger partial charge < -0.3 is 4.74 Å². The Hall–Kier alpha value is -0.530. The fraction of sp³-hybridized carbons (Fsp3) is 0.364. The van der Waals surface area contributed by atoms with E-state index in [0.717, 1.165) is 18.1 Å². The highest BCUT2D eigenvalue weighted by atomic mass is 35.5. The monoisotopic (exact) mass is 195 g/mol. The van der Waals surface area contributed by atoms with E-state index in [-0.39, 0.29) is 6.10 Å². The molecule has 1 saturated heterocycles. The van der Waals surface area contributed by atoms with Gasteiger partial charge in [-0.2, -0.15) is 0 Å². The number of hydrogen-bond donors (Lipinski definition) is 0. The summed E-state index contributed by atoms with van der Waals surface area (Å²) in [5, 5.41) is 0.779. The average Bonchev–Trinajstić information content (AvgIpc) is 2.08. The molecule has 13 heavy (non-hydrogen) atoms. The molecular weight excluding hydrogens is 184 g/mol. The summed E-state index contributed by atoms with van der Waals surface area (Å²) >= 11 is 5.80. The first-order valence-electron chi connectivity index (χ1n) is 4.53. The Morgan fingerprint density at radius 3 is 2.54 bits per heavy atom. The molecule has 0 saturated carbocycles. The van der Waals surface area contributed by atoms with E-state index in [2.05, 4.69) is 6.92 Å². The average molecular weight is 196 g/mol. The van der Waals surface area contributed by atoms with Crippen LogP contribution in [0.5, 0.6) is 0 Å². The van der Waals surface area contributed by atoms with Gasteiger partial charge in [-0.05, 0) is 24.1 Å². The van der Waals surface area contributed by atoms with Crippen LogP contribution >= 0.6 is 11.6 Å². The van der Waals surface area contributed by atoms with E-state index < -0.39 is 0 Å². The Morgan fingerprint density at radius 2 is 2.08 bits per heavy atom. The first-order chi connectivity index (χ1) is 6.31. The summed E-state index contributed by atoms with van der Waals surface area (Å²) < 4.78 is 5.48. The van der Waals surface area contributed by atoms with Gasteiger partial charge in [-0.3, -0.25) is 0 Å². The minimum Gasteiger partial charge on any atom is -0.372 e. The van der Waals surface area contributed by atoms with Crippen LogP contribution in [-0.4, -0.2) is 6.61 Å². The number of ether oxygens (including phenoxy) is 1. The Balaban J connectivity index is 2.12. The van der Waals surface area contributed by atoms with Gasteiger partial charge in [-0.1, -0.05) is 30.7 Å². The van der Waals surface area contributed by atoms with Crippen molar-refractivity contribution in [1.29, 1.82) is 0 Å². The van der Waals surface area contributed by atoms with Crippen molar-refractivity contribution in [3.05, 3.63) is 40.8 Å². The predicted molar refractivity (Wildman–Crippen MR) is 53.7 cm³/mol. The van der Waals surface area contributed by atoms with E-state index in [1.165, 1.54) is 11.5 Å². The smallest absolute Gasteiger partial charge is 0.0910 e. The maximum atomic E-state index is 5.80. The first-order valence-corrected chi connectivity index (χ1v) is 4.90. The summed E-state index contributed by atoms with van der Waals surface area (Å²) in [6.45, 7) is 2.99. The van der Waals surface area contributed by atoms with Gasteiger partial charge in [0.05, 0.1) is 12.7 Å². The lowest BCUT2D eigenvalue weighted by Gasteiger charge is -2.35. The SMILES string of the molecule is CC[C]1COC1c1ccc(Cl)cc1. The number of hydrogen-bond acceptors (Lipinski definition) is 1. The molecule has 1 fully saturated rings. The van der Waals surface area contributed by atoms with Crippen LogP contribution in [0.15, 0.2) is 24.3 Å². The second-order valence-corrected chi connectivity index (χ2v) is 3.69. The summed E-state index contributed by atoms with van der Waals surface area (Å²) in [4.78, 5) is 0. The number of benzene rings is 1. The lowest BCUT2D eigenvalue weighted by Crippen LogP contribution is -2.29. The van der Waals surface area contributed by atoms with E-state index in [1.54, 1.807) is 0 Å². The lowest BCUT2D eigenvalue weighted by molar-refractivity contribution is -0.0269. The van der Waals surface area contributed by atoms with Crippen molar-refractivity contribution in [2.45, 2.75) is 19.4 Å². The van der Waals surface area contributed by atoms with Gasteiger partial charge in [0.2, 0.25) is 0 Å². The molecule has 0 aliphatic carbocycles. The molecule has 1 radical (unpaired) electrons. The van der Waals surface area contributed by atoms with Crippen molar-refractivity contribution in [3.8, 4) is 0 Å². The molecule has 2 heteroatoms. The molecule has 0 amide bonds. The molecule has 1 aliphatic rings. The predicted octanol–water partition coefficient (Wildman–Crippen LogP) is 3.40. The third-order valence-electron chi connectivity index (χ3n) is 2.43. The topological polar surface area (TPSA) is 9.23 Å². The largest absolute Gasteiger partial charge is 0.372 e. The molecule has 1 nitrogen and oxygen atoms in total.